The van der Waals surface area contributed by atoms with E-state index in [1.807, 2.05) is 37.3 Å². The maximum absolute atomic E-state index is 11.8. The molecule has 0 aliphatic heterocycles. The van der Waals surface area contributed by atoms with Crippen molar-refractivity contribution in [3.63, 3.8) is 0 Å². The number of hydrogen-bond acceptors (Lipinski definition) is 4. The summed E-state index contributed by atoms with van der Waals surface area (Å²) in [6.45, 7) is 2.32. The number of carbonyl (C=O) groups is 1. The van der Waals surface area contributed by atoms with Crippen LogP contribution in [0.25, 0.3) is 0 Å². The third-order valence-corrected chi connectivity index (χ3v) is 4.21. The molecule has 0 atom stereocenters. The number of hydrogen-bond donors (Lipinski definition) is 0. The molecular formula is C20H23NO3. The Morgan fingerprint density at radius 3 is 2.92 bits per heavy atom. The van der Waals surface area contributed by atoms with E-state index in [-0.39, 0.29) is 12.6 Å². The first-order valence-corrected chi connectivity index (χ1v) is 8.53. The van der Waals surface area contributed by atoms with E-state index in [1.54, 1.807) is 0 Å². The van der Waals surface area contributed by atoms with Gasteiger partial charge in [-0.25, -0.2) is 4.79 Å². The van der Waals surface area contributed by atoms with E-state index in [0.717, 1.165) is 42.8 Å². The van der Waals surface area contributed by atoms with Crippen LogP contribution in [-0.4, -0.2) is 24.2 Å². The minimum atomic E-state index is -0.326. The highest BCUT2D eigenvalue weighted by molar-refractivity contribution is 5.71. The number of pyridine rings is 1. The number of benzene rings is 1. The Morgan fingerprint density at radius 1 is 1.17 bits per heavy atom. The molecule has 0 bridgehead atoms. The molecule has 4 heteroatoms. The number of carbonyl (C=O) groups excluding carboxylic acids is 1. The summed E-state index contributed by atoms with van der Waals surface area (Å²) in [5.41, 5.74) is 4.77. The first-order valence-electron chi connectivity index (χ1n) is 8.53. The molecular weight excluding hydrogens is 302 g/mol. The van der Waals surface area contributed by atoms with Gasteiger partial charge in [0.15, 0.2) is 6.61 Å². The van der Waals surface area contributed by atoms with E-state index >= 15 is 0 Å². The van der Waals surface area contributed by atoms with Gasteiger partial charge in [0.05, 0.1) is 6.61 Å². The van der Waals surface area contributed by atoms with Crippen molar-refractivity contribution < 1.29 is 14.3 Å². The summed E-state index contributed by atoms with van der Waals surface area (Å²) in [4.78, 5) is 16.2. The monoisotopic (exact) mass is 325 g/mol. The fourth-order valence-corrected chi connectivity index (χ4v) is 3.00. The summed E-state index contributed by atoms with van der Waals surface area (Å²) in [7, 11) is 0. The molecule has 0 saturated carbocycles. The quantitative estimate of drug-likeness (QED) is 0.578. The number of aryl methyl sites for hydroxylation is 4. The van der Waals surface area contributed by atoms with Crippen molar-refractivity contribution in [1.82, 2.24) is 4.98 Å². The van der Waals surface area contributed by atoms with Gasteiger partial charge in [0.25, 0.3) is 0 Å². The Balaban J connectivity index is 1.35. The Labute approximate surface area is 142 Å². The van der Waals surface area contributed by atoms with E-state index < -0.39 is 0 Å². The minimum absolute atomic E-state index is 0.0402. The van der Waals surface area contributed by atoms with Crippen LogP contribution in [0.2, 0.25) is 0 Å². The van der Waals surface area contributed by atoms with Crippen molar-refractivity contribution in [1.29, 1.82) is 0 Å². The highest BCUT2D eigenvalue weighted by Crippen LogP contribution is 2.25. The number of nitrogens with zero attached hydrogens (tertiary/aromatic N) is 1. The summed E-state index contributed by atoms with van der Waals surface area (Å²) in [6, 6.07) is 12.0. The smallest absolute Gasteiger partial charge is 0.344 e. The van der Waals surface area contributed by atoms with Crippen molar-refractivity contribution in [2.24, 2.45) is 0 Å². The van der Waals surface area contributed by atoms with E-state index in [0.29, 0.717) is 6.61 Å². The SMILES string of the molecule is Cc1cccc(CCCOC(=O)COc2ccc3c(c2)CCC3)n1. The zero-order chi connectivity index (χ0) is 16.8. The minimum Gasteiger partial charge on any atom is -0.482 e. The molecule has 2 aromatic rings. The average Bonchev–Trinajstić information content (AvgIpc) is 3.05. The Kier molecular flexibility index (Phi) is 5.47. The maximum atomic E-state index is 11.8. The molecule has 0 saturated heterocycles. The molecule has 0 spiro atoms. The van der Waals surface area contributed by atoms with Crippen LogP contribution in [0.1, 0.15) is 35.4 Å². The predicted octanol–water partition coefficient (Wildman–Crippen LogP) is 3.43. The van der Waals surface area contributed by atoms with Crippen molar-refractivity contribution in [2.45, 2.75) is 39.0 Å². The Hall–Kier alpha value is -2.36. The van der Waals surface area contributed by atoms with Crippen LogP contribution in [0.4, 0.5) is 0 Å². The van der Waals surface area contributed by atoms with Crippen LogP contribution in [0, 0.1) is 6.92 Å². The predicted molar refractivity (Wildman–Crippen MR) is 92.2 cm³/mol. The van der Waals surface area contributed by atoms with Gasteiger partial charge in [0.1, 0.15) is 5.75 Å². The highest BCUT2D eigenvalue weighted by atomic mass is 16.6. The van der Waals surface area contributed by atoms with E-state index in [1.165, 1.54) is 17.5 Å². The number of ether oxygens (including phenoxy) is 2. The largest absolute Gasteiger partial charge is 0.482 e. The second-order valence-electron chi connectivity index (χ2n) is 6.17. The summed E-state index contributed by atoms with van der Waals surface area (Å²) in [5, 5.41) is 0. The number of fused-ring (bicyclic) bond motifs is 1. The van der Waals surface area contributed by atoms with Gasteiger partial charge in [0.2, 0.25) is 0 Å². The van der Waals surface area contributed by atoms with Crippen molar-refractivity contribution in [3.8, 4) is 5.75 Å². The maximum Gasteiger partial charge on any atom is 0.344 e. The number of aromatic nitrogens is 1. The zero-order valence-corrected chi connectivity index (χ0v) is 14.1. The van der Waals surface area contributed by atoms with Gasteiger partial charge in [-0.05, 0) is 74.4 Å². The van der Waals surface area contributed by atoms with Crippen molar-refractivity contribution in [2.75, 3.05) is 13.2 Å². The van der Waals surface area contributed by atoms with Gasteiger partial charge in [0, 0.05) is 11.4 Å². The summed E-state index contributed by atoms with van der Waals surface area (Å²) < 4.78 is 10.8. The van der Waals surface area contributed by atoms with E-state index in [4.69, 9.17) is 9.47 Å². The summed E-state index contributed by atoms with van der Waals surface area (Å²) >= 11 is 0. The zero-order valence-electron chi connectivity index (χ0n) is 14.1. The van der Waals surface area contributed by atoms with E-state index in [9.17, 15) is 4.79 Å². The Morgan fingerprint density at radius 2 is 2.04 bits per heavy atom. The van der Waals surface area contributed by atoms with Crippen molar-refractivity contribution >= 4 is 5.97 Å². The fourth-order valence-electron chi connectivity index (χ4n) is 3.00. The van der Waals surface area contributed by atoms with Gasteiger partial charge < -0.3 is 9.47 Å². The van der Waals surface area contributed by atoms with Crippen LogP contribution >= 0.6 is 0 Å². The molecule has 126 valence electrons. The highest BCUT2D eigenvalue weighted by Gasteiger charge is 2.12. The molecule has 1 aliphatic carbocycles. The fraction of sp³-hybridized carbons (Fsp3) is 0.400. The lowest BCUT2D eigenvalue weighted by Gasteiger charge is -2.08. The van der Waals surface area contributed by atoms with Gasteiger partial charge in [-0.15, -0.1) is 0 Å². The number of rotatable bonds is 7. The molecule has 1 aliphatic rings. The van der Waals surface area contributed by atoms with Crippen LogP contribution < -0.4 is 4.74 Å². The van der Waals surface area contributed by atoms with Gasteiger partial charge in [-0.3, -0.25) is 4.98 Å². The molecule has 0 N–H and O–H groups in total. The molecule has 0 unspecified atom stereocenters. The molecule has 0 radical (unpaired) electrons. The topological polar surface area (TPSA) is 48.4 Å². The first kappa shape index (κ1) is 16.5. The summed E-state index contributed by atoms with van der Waals surface area (Å²) in [5.74, 6) is 0.421. The van der Waals surface area contributed by atoms with Crippen molar-refractivity contribution in [3.05, 3.63) is 58.9 Å². The molecule has 4 nitrogen and oxygen atoms in total. The molecule has 24 heavy (non-hydrogen) atoms. The van der Waals surface area contributed by atoms with Gasteiger partial charge in [-0.2, -0.15) is 0 Å². The third kappa shape index (κ3) is 4.57. The molecule has 1 aromatic carbocycles. The lowest BCUT2D eigenvalue weighted by atomic mass is 10.1. The van der Waals surface area contributed by atoms with Crippen LogP contribution in [-0.2, 0) is 28.8 Å². The van der Waals surface area contributed by atoms with Gasteiger partial charge >= 0.3 is 5.97 Å². The lowest BCUT2D eigenvalue weighted by Crippen LogP contribution is -2.16. The number of esters is 1. The molecule has 3 rings (SSSR count). The second-order valence-corrected chi connectivity index (χ2v) is 6.17. The molecule has 0 fully saturated rings. The second kappa shape index (κ2) is 7.95. The molecule has 1 heterocycles. The average molecular weight is 325 g/mol. The lowest BCUT2D eigenvalue weighted by molar-refractivity contribution is -0.146. The normalized spacial score (nSPS) is 12.7. The van der Waals surface area contributed by atoms with Gasteiger partial charge in [-0.1, -0.05) is 12.1 Å². The molecule has 0 amide bonds. The first-order chi connectivity index (χ1) is 11.7. The summed E-state index contributed by atoms with van der Waals surface area (Å²) in [6.07, 6.45) is 5.02. The van der Waals surface area contributed by atoms with Crippen LogP contribution in [0.5, 0.6) is 5.75 Å². The van der Waals surface area contributed by atoms with Crippen LogP contribution in [0.15, 0.2) is 36.4 Å². The Bertz CT molecular complexity index is 712. The standard InChI is InChI=1S/C20H23NO3/c1-15-5-2-8-18(21-15)9-4-12-23-20(22)14-24-19-11-10-16-6-3-7-17(16)13-19/h2,5,8,10-11,13H,3-4,6-7,9,12,14H2,1H3. The molecule has 1 aromatic heterocycles. The third-order valence-electron chi connectivity index (χ3n) is 4.21. The van der Waals surface area contributed by atoms with E-state index in [2.05, 4.69) is 11.1 Å². The van der Waals surface area contributed by atoms with Crippen LogP contribution in [0.3, 0.4) is 0 Å².